The molecule has 1 heterocycles. The number of hydrogen-bond acceptors (Lipinski definition) is 6. The third-order valence-electron chi connectivity index (χ3n) is 5.66. The van der Waals surface area contributed by atoms with Gasteiger partial charge >= 0.3 is 5.97 Å². The summed E-state index contributed by atoms with van der Waals surface area (Å²) in [7, 11) is 0. The number of ether oxygens (including phenoxy) is 2. The van der Waals surface area contributed by atoms with Gasteiger partial charge in [-0.1, -0.05) is 58.4 Å². The molecule has 0 fully saturated rings. The highest BCUT2D eigenvalue weighted by atomic mass is 79.9. The van der Waals surface area contributed by atoms with Crippen molar-refractivity contribution in [3.8, 4) is 22.9 Å². The van der Waals surface area contributed by atoms with Gasteiger partial charge in [0.15, 0.2) is 17.3 Å². The molecule has 1 aromatic heterocycles. The molecule has 0 N–H and O–H groups in total. The van der Waals surface area contributed by atoms with Crippen molar-refractivity contribution in [3.63, 3.8) is 0 Å². The monoisotopic (exact) mass is 567 g/mol. The smallest absolute Gasteiger partial charge is 0.343 e. The van der Waals surface area contributed by atoms with Crippen molar-refractivity contribution >= 4 is 39.0 Å². The molecule has 0 saturated carbocycles. The predicted octanol–water partition coefficient (Wildman–Crippen LogP) is 6.33. The highest BCUT2D eigenvalue weighted by Gasteiger charge is 2.14. The van der Waals surface area contributed by atoms with Gasteiger partial charge < -0.3 is 9.47 Å². The van der Waals surface area contributed by atoms with Gasteiger partial charge in [0.1, 0.15) is 0 Å². The molecule has 38 heavy (non-hydrogen) atoms. The van der Waals surface area contributed by atoms with E-state index in [-0.39, 0.29) is 11.3 Å². The van der Waals surface area contributed by atoms with Crippen LogP contribution >= 0.6 is 15.9 Å². The second kappa shape index (κ2) is 11.2. The van der Waals surface area contributed by atoms with Gasteiger partial charge in [-0.2, -0.15) is 9.78 Å². The molecule has 0 bridgehead atoms. The van der Waals surface area contributed by atoms with Crippen molar-refractivity contribution in [3.05, 3.63) is 123 Å². The standard InChI is InChI=1S/C30H22BrN3O4/c1-2-37-27-18-20(12-17-26(27)38-30(36)22-8-4-3-5-9-22)19-32-34-28(21-13-15-23(31)16-14-21)33-25-11-7-6-10-24(25)29(34)35/h3-19H,2H2,1H3. The van der Waals surface area contributed by atoms with E-state index in [4.69, 9.17) is 14.5 Å². The Morgan fingerprint density at radius 3 is 2.45 bits per heavy atom. The maximum atomic E-state index is 13.4. The van der Waals surface area contributed by atoms with Gasteiger partial charge in [-0.05, 0) is 67.1 Å². The second-order valence-electron chi connectivity index (χ2n) is 8.22. The lowest BCUT2D eigenvalue weighted by atomic mass is 10.2. The zero-order valence-electron chi connectivity index (χ0n) is 20.4. The third-order valence-corrected chi connectivity index (χ3v) is 6.19. The number of esters is 1. The van der Waals surface area contributed by atoms with Gasteiger partial charge in [0.25, 0.3) is 5.56 Å². The molecular weight excluding hydrogens is 546 g/mol. The molecule has 8 heteroatoms. The zero-order valence-corrected chi connectivity index (χ0v) is 22.0. The van der Waals surface area contributed by atoms with E-state index in [9.17, 15) is 9.59 Å². The maximum absolute atomic E-state index is 13.4. The molecule has 4 aromatic carbocycles. The molecule has 0 aliphatic rings. The van der Waals surface area contributed by atoms with E-state index in [1.54, 1.807) is 66.9 Å². The fourth-order valence-electron chi connectivity index (χ4n) is 3.83. The summed E-state index contributed by atoms with van der Waals surface area (Å²) >= 11 is 3.44. The molecule has 0 amide bonds. The van der Waals surface area contributed by atoms with Gasteiger partial charge in [0, 0.05) is 10.0 Å². The normalized spacial score (nSPS) is 11.1. The van der Waals surface area contributed by atoms with E-state index < -0.39 is 5.97 Å². The molecule has 0 saturated heterocycles. The van der Waals surface area contributed by atoms with Crippen LogP contribution in [0.15, 0.2) is 111 Å². The summed E-state index contributed by atoms with van der Waals surface area (Å²) in [6, 6.07) is 28.5. The fourth-order valence-corrected chi connectivity index (χ4v) is 4.10. The second-order valence-corrected chi connectivity index (χ2v) is 9.13. The van der Waals surface area contributed by atoms with E-state index >= 15 is 0 Å². The lowest BCUT2D eigenvalue weighted by Crippen LogP contribution is -2.20. The summed E-state index contributed by atoms with van der Waals surface area (Å²) in [5.41, 5.74) is 2.12. The SMILES string of the molecule is CCOc1cc(C=Nn2c(-c3ccc(Br)cc3)nc3ccccc3c2=O)ccc1OC(=O)c1ccccc1. The zero-order chi connectivity index (χ0) is 26.5. The van der Waals surface area contributed by atoms with Crippen LogP contribution in [0.2, 0.25) is 0 Å². The molecule has 5 rings (SSSR count). The van der Waals surface area contributed by atoms with Crippen LogP contribution in [0.1, 0.15) is 22.8 Å². The van der Waals surface area contributed by atoms with E-state index in [0.29, 0.717) is 40.2 Å². The van der Waals surface area contributed by atoms with Crippen molar-refractivity contribution < 1.29 is 14.3 Å². The maximum Gasteiger partial charge on any atom is 0.343 e. The number of halogens is 1. The van der Waals surface area contributed by atoms with Gasteiger partial charge in [0.2, 0.25) is 0 Å². The van der Waals surface area contributed by atoms with Crippen molar-refractivity contribution in [2.24, 2.45) is 5.10 Å². The van der Waals surface area contributed by atoms with Crippen molar-refractivity contribution in [1.29, 1.82) is 0 Å². The largest absolute Gasteiger partial charge is 0.490 e. The van der Waals surface area contributed by atoms with E-state index in [1.165, 1.54) is 4.68 Å². The number of benzene rings is 4. The minimum absolute atomic E-state index is 0.289. The van der Waals surface area contributed by atoms with Crippen LogP contribution in [-0.2, 0) is 0 Å². The lowest BCUT2D eigenvalue weighted by Gasteiger charge is -2.12. The number of para-hydroxylation sites is 1. The van der Waals surface area contributed by atoms with Crippen LogP contribution in [0.3, 0.4) is 0 Å². The van der Waals surface area contributed by atoms with Crippen LogP contribution < -0.4 is 15.0 Å². The Kier molecular flexibility index (Phi) is 7.42. The molecular formula is C30H22BrN3O4. The number of carbonyl (C=O) groups is 1. The Morgan fingerprint density at radius 2 is 1.68 bits per heavy atom. The van der Waals surface area contributed by atoms with E-state index in [2.05, 4.69) is 21.0 Å². The first-order valence-corrected chi connectivity index (χ1v) is 12.7. The number of aromatic nitrogens is 2. The van der Waals surface area contributed by atoms with Crippen LogP contribution in [0.4, 0.5) is 0 Å². The first kappa shape index (κ1) is 25.1. The van der Waals surface area contributed by atoms with Crippen LogP contribution in [0.5, 0.6) is 11.5 Å². The van der Waals surface area contributed by atoms with Crippen molar-refractivity contribution in [1.82, 2.24) is 9.66 Å². The quantitative estimate of drug-likeness (QED) is 0.130. The topological polar surface area (TPSA) is 82.8 Å². The summed E-state index contributed by atoms with van der Waals surface area (Å²) in [4.78, 5) is 30.7. The third kappa shape index (κ3) is 5.40. The molecule has 188 valence electrons. The number of carbonyl (C=O) groups excluding carboxylic acids is 1. The molecule has 0 aliphatic carbocycles. The molecule has 5 aromatic rings. The van der Waals surface area contributed by atoms with E-state index in [1.807, 2.05) is 43.3 Å². The number of nitrogens with zero attached hydrogens (tertiary/aromatic N) is 3. The molecule has 0 atom stereocenters. The number of fused-ring (bicyclic) bond motifs is 1. The van der Waals surface area contributed by atoms with E-state index in [0.717, 1.165) is 10.0 Å². The Bertz CT molecular complexity index is 1700. The number of rotatable bonds is 7. The van der Waals surface area contributed by atoms with Crippen LogP contribution in [0.25, 0.3) is 22.3 Å². The van der Waals surface area contributed by atoms with Crippen molar-refractivity contribution in [2.45, 2.75) is 6.92 Å². The molecule has 0 aliphatic heterocycles. The Balaban J connectivity index is 1.52. The lowest BCUT2D eigenvalue weighted by molar-refractivity contribution is 0.0728. The fraction of sp³-hybridized carbons (Fsp3) is 0.0667. The number of hydrogen-bond donors (Lipinski definition) is 0. The Hall–Kier alpha value is -4.56. The summed E-state index contributed by atoms with van der Waals surface area (Å²) < 4.78 is 13.5. The average Bonchev–Trinajstić information content (AvgIpc) is 2.95. The first-order valence-electron chi connectivity index (χ1n) is 11.9. The first-order chi connectivity index (χ1) is 18.5. The Labute approximate surface area is 227 Å². The molecule has 0 spiro atoms. The van der Waals surface area contributed by atoms with Gasteiger partial charge in [-0.25, -0.2) is 9.78 Å². The highest BCUT2D eigenvalue weighted by molar-refractivity contribution is 9.10. The average molecular weight is 568 g/mol. The minimum atomic E-state index is -0.485. The Morgan fingerprint density at radius 1 is 0.947 bits per heavy atom. The molecule has 0 unspecified atom stereocenters. The summed E-state index contributed by atoms with van der Waals surface area (Å²) in [6.45, 7) is 2.21. The van der Waals surface area contributed by atoms with Crippen LogP contribution in [-0.4, -0.2) is 28.5 Å². The van der Waals surface area contributed by atoms with Crippen LogP contribution in [0, 0.1) is 0 Å². The minimum Gasteiger partial charge on any atom is -0.490 e. The summed E-state index contributed by atoms with van der Waals surface area (Å²) in [5, 5.41) is 4.97. The highest BCUT2D eigenvalue weighted by Crippen LogP contribution is 2.29. The van der Waals surface area contributed by atoms with Gasteiger partial charge in [-0.3, -0.25) is 4.79 Å². The van der Waals surface area contributed by atoms with Crippen molar-refractivity contribution in [2.75, 3.05) is 6.61 Å². The van der Waals surface area contributed by atoms with Gasteiger partial charge in [0.05, 0.1) is 29.3 Å². The van der Waals surface area contributed by atoms with Gasteiger partial charge in [-0.15, -0.1) is 0 Å². The summed E-state index contributed by atoms with van der Waals surface area (Å²) in [6.07, 6.45) is 1.55. The molecule has 0 radical (unpaired) electrons. The molecule has 7 nitrogen and oxygen atoms in total. The summed E-state index contributed by atoms with van der Waals surface area (Å²) in [5.74, 6) is 0.604. The predicted molar refractivity (Wildman–Crippen MR) is 151 cm³/mol.